The van der Waals surface area contributed by atoms with Crippen molar-refractivity contribution in [3.05, 3.63) is 41.7 Å². The number of aryl methyl sites for hydroxylation is 2. The van der Waals surface area contributed by atoms with E-state index in [0.717, 1.165) is 18.4 Å². The van der Waals surface area contributed by atoms with Crippen molar-refractivity contribution in [2.24, 2.45) is 7.05 Å². The summed E-state index contributed by atoms with van der Waals surface area (Å²) in [5.41, 5.74) is 1.19. The van der Waals surface area contributed by atoms with Gasteiger partial charge in [0.05, 0.1) is 13.6 Å². The van der Waals surface area contributed by atoms with Crippen molar-refractivity contribution in [2.75, 3.05) is 0 Å². The quantitative estimate of drug-likeness (QED) is 0.752. The van der Waals surface area contributed by atoms with Gasteiger partial charge in [-0.25, -0.2) is 17.9 Å². The first-order chi connectivity index (χ1) is 8.95. The van der Waals surface area contributed by atoms with Gasteiger partial charge in [-0.05, 0) is 24.5 Å². The van der Waals surface area contributed by atoms with Crippen molar-refractivity contribution in [1.82, 2.24) is 4.57 Å². The average molecular weight is 265 g/mol. The van der Waals surface area contributed by atoms with Gasteiger partial charge in [0.25, 0.3) is 5.82 Å². The lowest BCUT2D eigenvalue weighted by atomic mass is 9.96. The lowest BCUT2D eigenvalue weighted by Gasteiger charge is -2.12. The molecule has 0 N–H and O–H groups in total. The van der Waals surface area contributed by atoms with Gasteiger partial charge < -0.3 is 0 Å². The summed E-state index contributed by atoms with van der Waals surface area (Å²) in [6.07, 6.45) is 3.79. The predicted octanol–water partition coefficient (Wildman–Crippen LogP) is 3.40. The Bertz CT molecular complexity index is 600. The van der Waals surface area contributed by atoms with Gasteiger partial charge in [0.15, 0.2) is 0 Å². The van der Waals surface area contributed by atoms with E-state index in [2.05, 4.69) is 0 Å². The van der Waals surface area contributed by atoms with Crippen molar-refractivity contribution in [2.45, 2.75) is 33.2 Å². The van der Waals surface area contributed by atoms with Crippen LogP contribution in [0.25, 0.3) is 11.4 Å². The molecule has 2 aromatic rings. The second-order valence-electron chi connectivity index (χ2n) is 5.03. The third kappa shape index (κ3) is 2.39. The maximum Gasteiger partial charge on any atom is 0.291 e. The van der Waals surface area contributed by atoms with Crippen molar-refractivity contribution < 1.29 is 13.3 Å². The van der Waals surface area contributed by atoms with Crippen molar-refractivity contribution in [1.29, 1.82) is 0 Å². The Morgan fingerprint density at radius 1 is 1.26 bits per heavy atom. The highest BCUT2D eigenvalue weighted by Crippen LogP contribution is 2.31. The van der Waals surface area contributed by atoms with E-state index in [1.807, 2.05) is 49.3 Å². The topological polar surface area (TPSA) is 8.81 Å². The highest BCUT2D eigenvalue weighted by Gasteiger charge is 2.25. The number of aromatic nitrogens is 2. The molecule has 1 heterocycles. The van der Waals surface area contributed by atoms with Crippen LogP contribution >= 0.6 is 0 Å². The van der Waals surface area contributed by atoms with Gasteiger partial charge in [-0.3, -0.25) is 0 Å². The first-order valence-electron chi connectivity index (χ1n) is 6.49. The van der Waals surface area contributed by atoms with Crippen LogP contribution in [0.1, 0.15) is 32.3 Å². The normalized spacial score (nSPS) is 11.3. The minimum absolute atomic E-state index is 0.0559. The molecule has 4 heteroatoms. The Kier molecular flexibility index (Phi) is 3.69. The first kappa shape index (κ1) is 13.7. The summed E-state index contributed by atoms with van der Waals surface area (Å²) in [5, 5.41) is 0. The van der Waals surface area contributed by atoms with E-state index in [9.17, 15) is 8.78 Å². The number of hydrogen-bond donors (Lipinski definition) is 0. The summed E-state index contributed by atoms with van der Waals surface area (Å²) in [7, 11) is 1.87. The molecule has 0 radical (unpaired) electrons. The highest BCUT2D eigenvalue weighted by molar-refractivity contribution is 5.60. The van der Waals surface area contributed by atoms with Crippen LogP contribution in [0, 0.1) is 11.6 Å². The third-order valence-corrected chi connectivity index (χ3v) is 3.35. The van der Waals surface area contributed by atoms with Gasteiger partial charge >= 0.3 is 0 Å². The number of halogens is 2. The fourth-order valence-corrected chi connectivity index (χ4v) is 2.38. The maximum absolute atomic E-state index is 14.3. The van der Waals surface area contributed by atoms with Gasteiger partial charge in [-0.1, -0.05) is 13.8 Å². The zero-order chi connectivity index (χ0) is 14.2. The Hall–Kier alpha value is -1.71. The molecule has 1 aromatic carbocycles. The molecule has 0 saturated carbocycles. The van der Waals surface area contributed by atoms with Crippen LogP contribution in [0.15, 0.2) is 24.5 Å². The zero-order valence-electron chi connectivity index (χ0n) is 11.7. The van der Waals surface area contributed by atoms with Gasteiger partial charge in [-0.2, -0.15) is 0 Å². The molecule has 0 aliphatic heterocycles. The Morgan fingerprint density at radius 3 is 2.53 bits per heavy atom. The molecule has 1 aromatic heterocycles. The molecule has 102 valence electrons. The second kappa shape index (κ2) is 5.11. The molecular formula is C15H19F2N2+. The van der Waals surface area contributed by atoms with E-state index < -0.39 is 11.6 Å². The van der Waals surface area contributed by atoms with Gasteiger partial charge in [0, 0.05) is 6.07 Å². The van der Waals surface area contributed by atoms with E-state index in [4.69, 9.17) is 0 Å². The molecule has 2 rings (SSSR count). The number of nitrogens with zero attached hydrogens (tertiary/aromatic N) is 2. The van der Waals surface area contributed by atoms with E-state index in [1.165, 1.54) is 6.07 Å². The summed E-state index contributed by atoms with van der Waals surface area (Å²) in [6.45, 7) is 6.62. The second-order valence-corrected chi connectivity index (χ2v) is 5.03. The monoisotopic (exact) mass is 265 g/mol. The molecule has 2 nitrogen and oxygen atoms in total. The van der Waals surface area contributed by atoms with E-state index in [-0.39, 0.29) is 5.92 Å². The minimum atomic E-state index is -0.526. The number of imidazole rings is 1. The Labute approximate surface area is 112 Å². The van der Waals surface area contributed by atoms with Gasteiger partial charge in [0.1, 0.15) is 29.6 Å². The van der Waals surface area contributed by atoms with Crippen molar-refractivity contribution >= 4 is 0 Å². The van der Waals surface area contributed by atoms with Crippen LogP contribution in [-0.2, 0) is 13.6 Å². The number of hydrogen-bond acceptors (Lipinski definition) is 0. The minimum Gasteiger partial charge on any atom is -0.233 e. The number of rotatable bonds is 3. The SMILES string of the molecule is CCn1cc[n+](C)c1-c1c(F)cc(F)cc1C(C)C. The molecule has 19 heavy (non-hydrogen) atoms. The van der Waals surface area contributed by atoms with Gasteiger partial charge in [0.2, 0.25) is 0 Å². The summed E-state index contributed by atoms with van der Waals surface area (Å²) in [5.74, 6) is -0.209. The van der Waals surface area contributed by atoms with Crippen molar-refractivity contribution in [3.63, 3.8) is 0 Å². The fourth-order valence-electron chi connectivity index (χ4n) is 2.38. The molecule has 0 fully saturated rings. The molecular weight excluding hydrogens is 246 g/mol. The highest BCUT2D eigenvalue weighted by atomic mass is 19.1. The third-order valence-electron chi connectivity index (χ3n) is 3.35. The first-order valence-corrected chi connectivity index (χ1v) is 6.49. The van der Waals surface area contributed by atoms with Crippen LogP contribution in [0.5, 0.6) is 0 Å². The predicted molar refractivity (Wildman–Crippen MR) is 70.7 cm³/mol. The summed E-state index contributed by atoms with van der Waals surface area (Å²) in [4.78, 5) is 0. The van der Waals surface area contributed by atoms with Crippen molar-refractivity contribution in [3.8, 4) is 11.4 Å². The Balaban J connectivity index is 2.77. The van der Waals surface area contributed by atoms with E-state index >= 15 is 0 Å². The molecule has 0 bridgehead atoms. The van der Waals surface area contributed by atoms with Crippen LogP contribution in [0.3, 0.4) is 0 Å². The molecule has 0 aliphatic carbocycles. The molecule has 0 unspecified atom stereocenters. The molecule has 0 atom stereocenters. The standard InChI is InChI=1S/C15H19F2N2/c1-5-19-7-6-18(4)15(19)14-12(10(2)3)8-11(16)9-13(14)17/h6-10H,5H2,1-4H3/q+1. The average Bonchev–Trinajstić information content (AvgIpc) is 2.69. The summed E-state index contributed by atoms with van der Waals surface area (Å²) >= 11 is 0. The molecule has 0 amide bonds. The van der Waals surface area contributed by atoms with Crippen LogP contribution in [-0.4, -0.2) is 4.57 Å². The Morgan fingerprint density at radius 2 is 1.95 bits per heavy atom. The summed E-state index contributed by atoms with van der Waals surface area (Å²) < 4.78 is 31.5. The lowest BCUT2D eigenvalue weighted by Crippen LogP contribution is -2.30. The van der Waals surface area contributed by atoms with E-state index in [0.29, 0.717) is 11.1 Å². The van der Waals surface area contributed by atoms with Crippen LogP contribution in [0.2, 0.25) is 0 Å². The number of benzene rings is 1. The van der Waals surface area contributed by atoms with Gasteiger partial charge in [-0.15, -0.1) is 0 Å². The lowest BCUT2D eigenvalue weighted by molar-refractivity contribution is -0.659. The van der Waals surface area contributed by atoms with Crippen LogP contribution in [0.4, 0.5) is 8.78 Å². The smallest absolute Gasteiger partial charge is 0.233 e. The van der Waals surface area contributed by atoms with Crippen LogP contribution < -0.4 is 4.57 Å². The maximum atomic E-state index is 14.3. The molecule has 0 saturated heterocycles. The molecule has 0 spiro atoms. The fraction of sp³-hybridized carbons (Fsp3) is 0.400. The largest absolute Gasteiger partial charge is 0.291 e. The summed E-state index contributed by atoms with van der Waals surface area (Å²) in [6, 6.07) is 2.38. The molecule has 0 aliphatic rings. The van der Waals surface area contributed by atoms with E-state index in [1.54, 1.807) is 0 Å². The zero-order valence-corrected chi connectivity index (χ0v) is 11.7.